The van der Waals surface area contributed by atoms with Crippen LogP contribution >= 0.6 is 0 Å². The van der Waals surface area contributed by atoms with Crippen LogP contribution in [0.15, 0.2) is 29.3 Å². The van der Waals surface area contributed by atoms with E-state index >= 15 is 0 Å². The van der Waals surface area contributed by atoms with Gasteiger partial charge in [0.15, 0.2) is 0 Å². The highest BCUT2D eigenvalue weighted by Crippen LogP contribution is 2.19. The molecule has 0 radical (unpaired) electrons. The average Bonchev–Trinajstić information content (AvgIpc) is 2.28. The fraction of sp³-hybridized carbons (Fsp3) is 0.429. The lowest BCUT2D eigenvalue weighted by molar-refractivity contribution is 0.347. The summed E-state index contributed by atoms with van der Waals surface area (Å²) < 4.78 is 1.66. The Balaban J connectivity index is 2.41. The molecular weight excluding hydrogens is 226 g/mol. The molecule has 1 aromatic heterocycles. The normalized spacial score (nSPS) is 11.9. The first kappa shape index (κ1) is 12.6. The molecule has 18 heavy (non-hydrogen) atoms. The Morgan fingerprint density at radius 2 is 2.06 bits per heavy atom. The fourth-order valence-corrected chi connectivity index (χ4v) is 1.79. The second-order valence-corrected chi connectivity index (χ2v) is 5.83. The fourth-order valence-electron chi connectivity index (χ4n) is 1.79. The third kappa shape index (κ3) is 2.70. The molecule has 1 heterocycles. The smallest absolute Gasteiger partial charge is 0.261 e. The molecule has 2 N–H and O–H groups in total. The van der Waals surface area contributed by atoms with Crippen molar-refractivity contribution in [1.29, 1.82) is 0 Å². The quantitative estimate of drug-likeness (QED) is 0.826. The third-order valence-corrected chi connectivity index (χ3v) is 2.95. The van der Waals surface area contributed by atoms with Crippen molar-refractivity contribution in [3.63, 3.8) is 0 Å². The molecule has 0 spiro atoms. The predicted molar refractivity (Wildman–Crippen MR) is 74.5 cm³/mol. The maximum atomic E-state index is 12.3. The van der Waals surface area contributed by atoms with Gasteiger partial charge in [-0.1, -0.05) is 20.8 Å². The number of benzene rings is 1. The Morgan fingerprint density at radius 1 is 1.33 bits per heavy atom. The molecule has 0 aliphatic heterocycles. The van der Waals surface area contributed by atoms with Gasteiger partial charge in [0, 0.05) is 12.2 Å². The van der Waals surface area contributed by atoms with Crippen LogP contribution in [0.1, 0.15) is 27.2 Å². The number of fused-ring (bicyclic) bond motifs is 1. The van der Waals surface area contributed by atoms with Crippen molar-refractivity contribution in [2.24, 2.45) is 5.41 Å². The summed E-state index contributed by atoms with van der Waals surface area (Å²) in [5, 5.41) is 0.589. The van der Waals surface area contributed by atoms with E-state index in [9.17, 15) is 4.79 Å². The Bertz CT molecular complexity index is 623. The van der Waals surface area contributed by atoms with E-state index in [2.05, 4.69) is 25.8 Å². The number of aryl methyl sites for hydroxylation is 1. The predicted octanol–water partition coefficient (Wildman–Crippen LogP) is 2.41. The second kappa shape index (κ2) is 4.44. The SMILES string of the molecule is CC(C)(C)CCn1cnc2ccc(N)cc2c1=O. The van der Waals surface area contributed by atoms with Crippen molar-refractivity contribution in [2.75, 3.05) is 5.73 Å². The summed E-state index contributed by atoms with van der Waals surface area (Å²) in [6.45, 7) is 7.15. The van der Waals surface area contributed by atoms with Crippen molar-refractivity contribution in [1.82, 2.24) is 9.55 Å². The monoisotopic (exact) mass is 245 g/mol. The lowest BCUT2D eigenvalue weighted by atomic mass is 9.92. The van der Waals surface area contributed by atoms with Gasteiger partial charge in [-0.3, -0.25) is 9.36 Å². The van der Waals surface area contributed by atoms with Crippen LogP contribution in [-0.2, 0) is 6.54 Å². The molecule has 4 heteroatoms. The van der Waals surface area contributed by atoms with Crippen LogP contribution in [0.25, 0.3) is 10.9 Å². The summed E-state index contributed by atoms with van der Waals surface area (Å²) in [4.78, 5) is 16.6. The minimum Gasteiger partial charge on any atom is -0.399 e. The van der Waals surface area contributed by atoms with Crippen molar-refractivity contribution in [3.05, 3.63) is 34.9 Å². The van der Waals surface area contributed by atoms with Gasteiger partial charge in [-0.2, -0.15) is 0 Å². The molecule has 0 bridgehead atoms. The molecule has 0 atom stereocenters. The molecule has 0 aliphatic carbocycles. The molecule has 0 unspecified atom stereocenters. The van der Waals surface area contributed by atoms with Gasteiger partial charge in [0.25, 0.3) is 5.56 Å². The highest BCUT2D eigenvalue weighted by Gasteiger charge is 2.11. The van der Waals surface area contributed by atoms with E-state index in [4.69, 9.17) is 5.73 Å². The van der Waals surface area contributed by atoms with Crippen LogP contribution in [-0.4, -0.2) is 9.55 Å². The van der Waals surface area contributed by atoms with Gasteiger partial charge >= 0.3 is 0 Å². The number of hydrogen-bond donors (Lipinski definition) is 1. The minimum absolute atomic E-state index is 0.0171. The van der Waals surface area contributed by atoms with Gasteiger partial charge in [-0.15, -0.1) is 0 Å². The first-order chi connectivity index (χ1) is 8.37. The highest BCUT2D eigenvalue weighted by molar-refractivity contribution is 5.80. The van der Waals surface area contributed by atoms with Gasteiger partial charge in [-0.05, 0) is 30.0 Å². The van der Waals surface area contributed by atoms with Crippen LogP contribution < -0.4 is 11.3 Å². The molecule has 4 nitrogen and oxygen atoms in total. The van der Waals surface area contributed by atoms with Gasteiger partial charge in [-0.25, -0.2) is 4.98 Å². The Kier molecular flexibility index (Phi) is 3.11. The van der Waals surface area contributed by atoms with Crippen LogP contribution in [0.5, 0.6) is 0 Å². The van der Waals surface area contributed by atoms with Crippen molar-refractivity contribution in [2.45, 2.75) is 33.7 Å². The number of hydrogen-bond acceptors (Lipinski definition) is 3. The van der Waals surface area contributed by atoms with Gasteiger partial charge in [0.05, 0.1) is 17.2 Å². The summed E-state index contributed by atoms with van der Waals surface area (Å²) in [5.74, 6) is 0. The topological polar surface area (TPSA) is 60.9 Å². The zero-order valence-electron chi connectivity index (χ0n) is 11.1. The van der Waals surface area contributed by atoms with Crippen LogP contribution in [0.4, 0.5) is 5.69 Å². The lowest BCUT2D eigenvalue weighted by Gasteiger charge is -2.18. The molecular formula is C14H19N3O. The van der Waals surface area contributed by atoms with E-state index in [0.29, 0.717) is 23.1 Å². The van der Waals surface area contributed by atoms with E-state index in [1.807, 2.05) is 0 Å². The van der Waals surface area contributed by atoms with Crippen LogP contribution in [0, 0.1) is 5.41 Å². The van der Waals surface area contributed by atoms with Crippen molar-refractivity contribution < 1.29 is 0 Å². The number of nitrogen functional groups attached to an aromatic ring is 1. The largest absolute Gasteiger partial charge is 0.399 e. The van der Waals surface area contributed by atoms with Gasteiger partial charge < -0.3 is 5.73 Å². The molecule has 2 aromatic rings. The van der Waals surface area contributed by atoms with E-state index in [0.717, 1.165) is 6.42 Å². The van der Waals surface area contributed by atoms with E-state index in [1.165, 1.54) is 0 Å². The first-order valence-electron chi connectivity index (χ1n) is 6.11. The maximum Gasteiger partial charge on any atom is 0.261 e. The Hall–Kier alpha value is -1.84. The van der Waals surface area contributed by atoms with Crippen molar-refractivity contribution in [3.8, 4) is 0 Å². The number of nitrogens with zero attached hydrogens (tertiary/aromatic N) is 2. The summed E-state index contributed by atoms with van der Waals surface area (Å²) in [6.07, 6.45) is 2.55. The minimum atomic E-state index is -0.0171. The molecule has 96 valence electrons. The summed E-state index contributed by atoms with van der Waals surface area (Å²) in [6, 6.07) is 5.23. The molecule has 0 saturated heterocycles. The molecule has 0 amide bonds. The van der Waals surface area contributed by atoms with Gasteiger partial charge in [0.2, 0.25) is 0 Å². The number of aromatic nitrogens is 2. The Morgan fingerprint density at radius 3 is 2.72 bits per heavy atom. The summed E-state index contributed by atoms with van der Waals surface area (Å²) in [7, 11) is 0. The first-order valence-corrected chi connectivity index (χ1v) is 6.11. The number of nitrogens with two attached hydrogens (primary N) is 1. The zero-order valence-corrected chi connectivity index (χ0v) is 11.1. The van der Waals surface area contributed by atoms with E-state index < -0.39 is 0 Å². The summed E-state index contributed by atoms with van der Waals surface area (Å²) >= 11 is 0. The van der Waals surface area contributed by atoms with Crippen molar-refractivity contribution >= 4 is 16.6 Å². The molecule has 2 rings (SSSR count). The molecule has 0 saturated carbocycles. The third-order valence-electron chi connectivity index (χ3n) is 2.95. The highest BCUT2D eigenvalue weighted by atomic mass is 16.1. The molecule has 1 aromatic carbocycles. The summed E-state index contributed by atoms with van der Waals surface area (Å²) in [5.41, 5.74) is 7.18. The van der Waals surface area contributed by atoms with E-state index in [-0.39, 0.29) is 11.0 Å². The molecule has 0 fully saturated rings. The molecule has 0 aliphatic rings. The van der Waals surface area contributed by atoms with Crippen LogP contribution in [0.2, 0.25) is 0 Å². The van der Waals surface area contributed by atoms with Gasteiger partial charge in [0.1, 0.15) is 0 Å². The lowest BCUT2D eigenvalue weighted by Crippen LogP contribution is -2.23. The number of anilines is 1. The maximum absolute atomic E-state index is 12.3. The average molecular weight is 245 g/mol. The second-order valence-electron chi connectivity index (χ2n) is 5.83. The number of rotatable bonds is 2. The standard InChI is InChI=1S/C14H19N3O/c1-14(2,3)6-7-17-9-16-12-5-4-10(15)8-11(12)13(17)18/h4-5,8-9H,6-7,15H2,1-3H3. The zero-order chi connectivity index (χ0) is 13.3. The van der Waals surface area contributed by atoms with Crippen LogP contribution in [0.3, 0.4) is 0 Å². The van der Waals surface area contributed by atoms with E-state index in [1.54, 1.807) is 29.1 Å². The Labute approximate surface area is 106 Å².